The van der Waals surface area contributed by atoms with E-state index >= 15 is 0 Å². The summed E-state index contributed by atoms with van der Waals surface area (Å²) in [6.07, 6.45) is 0.995. The summed E-state index contributed by atoms with van der Waals surface area (Å²) >= 11 is 3.05. The number of aryl methyl sites for hydroxylation is 1. The van der Waals surface area contributed by atoms with Crippen LogP contribution in [0.3, 0.4) is 0 Å². The average molecular weight is 363 g/mol. The number of nitrogens with one attached hydrogen (secondary N) is 1. The molecule has 0 radical (unpaired) electrons. The maximum Gasteiger partial charge on any atom is 0.210 e. The normalized spacial score (nSPS) is 10.8. The lowest BCUT2D eigenvalue weighted by Gasteiger charge is -2.07. The predicted octanol–water partition coefficient (Wildman–Crippen LogP) is 2.98. The van der Waals surface area contributed by atoms with Crippen molar-refractivity contribution in [2.75, 3.05) is 12.4 Å². The minimum Gasteiger partial charge on any atom is -0.495 e. The summed E-state index contributed by atoms with van der Waals surface area (Å²) < 4.78 is 8.00. The van der Waals surface area contributed by atoms with E-state index in [1.165, 1.54) is 11.3 Å². The monoisotopic (exact) mass is 363 g/mol. The summed E-state index contributed by atoms with van der Waals surface area (Å²) in [5.41, 5.74) is 0.861. The average Bonchev–Trinajstić information content (AvgIpc) is 3.23. The molecule has 2 aromatic heterocycles. The number of aromatic nitrogens is 6. The Balaban J connectivity index is 1.62. The first kappa shape index (κ1) is 16.7. The molecule has 0 amide bonds. The van der Waals surface area contributed by atoms with E-state index in [9.17, 15) is 0 Å². The molecule has 1 N–H and O–H groups in total. The Hall–Kier alpha value is -2.20. The molecular weight excluding hydrogens is 346 g/mol. The molecular formula is C14H17N7OS2. The lowest BCUT2D eigenvalue weighted by Crippen LogP contribution is -2.04. The van der Waals surface area contributed by atoms with Crippen LogP contribution in [0.15, 0.2) is 28.6 Å². The molecule has 0 saturated carbocycles. The zero-order valence-electron chi connectivity index (χ0n) is 13.3. The van der Waals surface area contributed by atoms with E-state index in [0.717, 1.165) is 39.7 Å². The Labute approximate surface area is 147 Å². The largest absolute Gasteiger partial charge is 0.495 e. The van der Waals surface area contributed by atoms with Crippen molar-refractivity contribution in [3.05, 3.63) is 30.1 Å². The van der Waals surface area contributed by atoms with Gasteiger partial charge in [-0.1, -0.05) is 42.2 Å². The molecule has 0 aliphatic rings. The SMILES string of the molecule is CCCn1nnnc1CSc1nnc(Nc2ccccc2OC)s1. The first-order valence-electron chi connectivity index (χ1n) is 7.41. The molecule has 0 saturated heterocycles. The van der Waals surface area contributed by atoms with Crippen LogP contribution in [0, 0.1) is 0 Å². The van der Waals surface area contributed by atoms with Gasteiger partial charge in [-0.15, -0.1) is 15.3 Å². The van der Waals surface area contributed by atoms with Crippen LogP contribution in [0.25, 0.3) is 0 Å². The molecule has 126 valence electrons. The molecule has 0 bridgehead atoms. The standard InChI is InChI=1S/C14H17N7OS2/c1-3-8-21-12(16-19-20-21)9-23-14-18-17-13(24-14)15-10-6-4-5-7-11(10)22-2/h4-7H,3,8-9H2,1-2H3,(H,15,17). The van der Waals surface area contributed by atoms with Crippen LogP contribution in [0.2, 0.25) is 0 Å². The lowest BCUT2D eigenvalue weighted by atomic mass is 10.3. The van der Waals surface area contributed by atoms with Gasteiger partial charge in [-0.2, -0.15) is 0 Å². The fourth-order valence-electron chi connectivity index (χ4n) is 2.02. The Morgan fingerprint density at radius 3 is 2.96 bits per heavy atom. The van der Waals surface area contributed by atoms with Crippen molar-refractivity contribution in [1.82, 2.24) is 30.4 Å². The number of methoxy groups -OCH3 is 1. The van der Waals surface area contributed by atoms with E-state index in [4.69, 9.17) is 4.74 Å². The zero-order valence-corrected chi connectivity index (χ0v) is 15.0. The molecule has 3 aromatic rings. The highest BCUT2D eigenvalue weighted by Crippen LogP contribution is 2.32. The summed E-state index contributed by atoms with van der Waals surface area (Å²) in [6.45, 7) is 2.92. The molecule has 0 atom stereocenters. The third-order valence-corrected chi connectivity index (χ3v) is 5.09. The number of anilines is 2. The molecule has 0 aliphatic carbocycles. The van der Waals surface area contributed by atoms with Crippen molar-refractivity contribution < 1.29 is 4.74 Å². The highest BCUT2D eigenvalue weighted by atomic mass is 32.2. The molecule has 24 heavy (non-hydrogen) atoms. The van der Waals surface area contributed by atoms with Crippen LogP contribution in [-0.2, 0) is 12.3 Å². The molecule has 2 heterocycles. The van der Waals surface area contributed by atoms with Gasteiger partial charge in [0.15, 0.2) is 10.2 Å². The first-order valence-corrected chi connectivity index (χ1v) is 9.21. The van der Waals surface area contributed by atoms with Crippen LogP contribution in [-0.4, -0.2) is 37.5 Å². The van der Waals surface area contributed by atoms with Crippen molar-refractivity contribution >= 4 is 33.9 Å². The Morgan fingerprint density at radius 1 is 1.25 bits per heavy atom. The molecule has 0 spiro atoms. The van der Waals surface area contributed by atoms with Crippen molar-refractivity contribution in [3.63, 3.8) is 0 Å². The minimum atomic E-state index is 0.663. The van der Waals surface area contributed by atoms with Crippen LogP contribution in [0.5, 0.6) is 5.75 Å². The third kappa shape index (κ3) is 4.01. The fourth-order valence-corrected chi connectivity index (χ4v) is 3.72. The van der Waals surface area contributed by atoms with Crippen molar-refractivity contribution in [1.29, 1.82) is 0 Å². The predicted molar refractivity (Wildman–Crippen MR) is 93.9 cm³/mol. The van der Waals surface area contributed by atoms with Gasteiger partial charge in [0.05, 0.1) is 18.6 Å². The number of hydrogen-bond acceptors (Lipinski definition) is 9. The number of hydrogen-bond donors (Lipinski definition) is 1. The van der Waals surface area contributed by atoms with Crippen molar-refractivity contribution in [3.8, 4) is 5.75 Å². The van der Waals surface area contributed by atoms with E-state index in [2.05, 4.69) is 38.0 Å². The van der Waals surface area contributed by atoms with Gasteiger partial charge in [0.25, 0.3) is 0 Å². The summed E-state index contributed by atoms with van der Waals surface area (Å²) in [5.74, 6) is 2.27. The highest BCUT2D eigenvalue weighted by molar-refractivity contribution is 8.00. The van der Waals surface area contributed by atoms with Crippen LogP contribution in [0.1, 0.15) is 19.2 Å². The zero-order chi connectivity index (χ0) is 16.8. The number of para-hydroxylation sites is 2. The number of rotatable bonds is 8. The molecule has 1 aromatic carbocycles. The summed E-state index contributed by atoms with van der Waals surface area (Å²) in [6, 6.07) is 7.69. The molecule has 0 fully saturated rings. The van der Waals surface area contributed by atoms with Crippen molar-refractivity contribution in [2.45, 2.75) is 30.0 Å². The van der Waals surface area contributed by atoms with Gasteiger partial charge in [0.2, 0.25) is 5.13 Å². The minimum absolute atomic E-state index is 0.663. The Bertz CT molecular complexity index is 789. The van der Waals surface area contributed by atoms with Crippen LogP contribution in [0.4, 0.5) is 10.8 Å². The second kappa shape index (κ2) is 8.06. The smallest absolute Gasteiger partial charge is 0.210 e. The van der Waals surface area contributed by atoms with E-state index in [0.29, 0.717) is 5.75 Å². The topological polar surface area (TPSA) is 90.6 Å². The highest BCUT2D eigenvalue weighted by Gasteiger charge is 2.11. The van der Waals surface area contributed by atoms with Gasteiger partial charge in [-0.25, -0.2) is 4.68 Å². The van der Waals surface area contributed by atoms with E-state index in [1.807, 2.05) is 28.9 Å². The van der Waals surface area contributed by atoms with Gasteiger partial charge in [-0.05, 0) is 29.0 Å². The molecule has 10 heteroatoms. The summed E-state index contributed by atoms with van der Waals surface area (Å²) in [7, 11) is 1.64. The van der Waals surface area contributed by atoms with E-state index < -0.39 is 0 Å². The van der Waals surface area contributed by atoms with Gasteiger partial charge in [0, 0.05) is 6.54 Å². The van der Waals surface area contributed by atoms with Crippen LogP contribution >= 0.6 is 23.1 Å². The maximum absolute atomic E-state index is 5.32. The number of ether oxygens (including phenoxy) is 1. The van der Waals surface area contributed by atoms with E-state index in [-0.39, 0.29) is 0 Å². The summed E-state index contributed by atoms with van der Waals surface area (Å²) in [5, 5.41) is 24.1. The lowest BCUT2D eigenvalue weighted by molar-refractivity contribution is 0.417. The molecule has 3 rings (SSSR count). The third-order valence-electron chi connectivity index (χ3n) is 3.12. The second-order valence-corrected chi connectivity index (χ2v) is 7.01. The van der Waals surface area contributed by atoms with Gasteiger partial charge >= 0.3 is 0 Å². The van der Waals surface area contributed by atoms with Crippen molar-refractivity contribution in [2.24, 2.45) is 0 Å². The molecule has 0 aliphatic heterocycles. The number of thioether (sulfide) groups is 1. The molecule has 8 nitrogen and oxygen atoms in total. The Morgan fingerprint density at radius 2 is 2.12 bits per heavy atom. The van der Waals surface area contributed by atoms with Gasteiger partial charge < -0.3 is 10.1 Å². The van der Waals surface area contributed by atoms with Gasteiger partial charge in [-0.3, -0.25) is 0 Å². The Kier molecular flexibility index (Phi) is 5.59. The fraction of sp³-hybridized carbons (Fsp3) is 0.357. The maximum atomic E-state index is 5.32. The molecule has 0 unspecified atom stereocenters. The number of benzene rings is 1. The quantitative estimate of drug-likeness (QED) is 0.611. The van der Waals surface area contributed by atoms with E-state index in [1.54, 1.807) is 18.9 Å². The number of tetrazole rings is 1. The summed E-state index contributed by atoms with van der Waals surface area (Å²) in [4.78, 5) is 0. The first-order chi connectivity index (χ1) is 11.8. The van der Waals surface area contributed by atoms with Crippen LogP contribution < -0.4 is 10.1 Å². The number of nitrogens with zero attached hydrogens (tertiary/aromatic N) is 6. The van der Waals surface area contributed by atoms with Gasteiger partial charge in [0.1, 0.15) is 5.75 Å². The second-order valence-electron chi connectivity index (χ2n) is 4.81.